The Hall–Kier alpha value is -1.30. The second-order valence-corrected chi connectivity index (χ2v) is 6.20. The highest BCUT2D eigenvalue weighted by atomic mass is 16.5. The lowest BCUT2D eigenvalue weighted by atomic mass is 9.89. The van der Waals surface area contributed by atoms with Crippen molar-refractivity contribution >= 4 is 12.0 Å². The third-order valence-corrected chi connectivity index (χ3v) is 4.39. The summed E-state index contributed by atoms with van der Waals surface area (Å²) < 4.78 is 5.41. The van der Waals surface area contributed by atoms with E-state index >= 15 is 0 Å². The van der Waals surface area contributed by atoms with Gasteiger partial charge in [-0.1, -0.05) is 19.3 Å². The first kappa shape index (κ1) is 16.1. The molecule has 2 aliphatic rings. The average molecular weight is 298 g/mol. The number of carboxylic acid groups (broad SMARTS) is 1. The van der Waals surface area contributed by atoms with Gasteiger partial charge in [0.1, 0.15) is 0 Å². The van der Waals surface area contributed by atoms with Crippen molar-refractivity contribution in [1.29, 1.82) is 0 Å². The summed E-state index contributed by atoms with van der Waals surface area (Å²) in [6, 6.07) is -0.000683. The predicted octanol–water partition coefficient (Wildman–Crippen LogP) is 1.79. The van der Waals surface area contributed by atoms with E-state index in [-0.39, 0.29) is 18.6 Å². The molecule has 1 atom stereocenters. The van der Waals surface area contributed by atoms with E-state index in [4.69, 9.17) is 9.84 Å². The van der Waals surface area contributed by atoms with Gasteiger partial charge in [0.25, 0.3) is 0 Å². The van der Waals surface area contributed by atoms with Crippen molar-refractivity contribution < 1.29 is 19.4 Å². The summed E-state index contributed by atoms with van der Waals surface area (Å²) in [6.07, 6.45) is 5.84. The molecule has 21 heavy (non-hydrogen) atoms. The molecule has 2 fully saturated rings. The van der Waals surface area contributed by atoms with Crippen molar-refractivity contribution in [3.8, 4) is 0 Å². The van der Waals surface area contributed by atoms with Gasteiger partial charge in [0.05, 0.1) is 19.1 Å². The van der Waals surface area contributed by atoms with Gasteiger partial charge in [0.2, 0.25) is 0 Å². The smallest absolute Gasteiger partial charge is 0.319 e. The molecule has 1 aliphatic carbocycles. The number of urea groups is 1. The number of hydrogen-bond donors (Lipinski definition) is 1. The quantitative estimate of drug-likeness (QED) is 0.859. The second kappa shape index (κ2) is 7.64. The van der Waals surface area contributed by atoms with Crippen LogP contribution in [0.15, 0.2) is 0 Å². The normalized spacial score (nSPS) is 23.9. The van der Waals surface area contributed by atoms with Gasteiger partial charge in [-0.05, 0) is 18.8 Å². The van der Waals surface area contributed by atoms with E-state index < -0.39 is 5.97 Å². The van der Waals surface area contributed by atoms with E-state index in [0.29, 0.717) is 25.6 Å². The molecule has 2 amide bonds. The highest BCUT2D eigenvalue weighted by Crippen LogP contribution is 2.24. The van der Waals surface area contributed by atoms with Crippen LogP contribution in [-0.4, -0.2) is 66.3 Å². The van der Waals surface area contributed by atoms with Crippen LogP contribution in [0.1, 0.15) is 38.5 Å². The van der Waals surface area contributed by atoms with E-state index in [0.717, 1.165) is 6.54 Å². The molecule has 6 heteroatoms. The molecule has 1 N–H and O–H groups in total. The van der Waals surface area contributed by atoms with E-state index in [9.17, 15) is 9.59 Å². The van der Waals surface area contributed by atoms with Gasteiger partial charge >= 0.3 is 12.0 Å². The lowest BCUT2D eigenvalue weighted by molar-refractivity contribution is -0.141. The van der Waals surface area contributed by atoms with Crippen LogP contribution in [0.4, 0.5) is 4.79 Å². The van der Waals surface area contributed by atoms with Crippen LogP contribution >= 0.6 is 0 Å². The number of carboxylic acids is 1. The zero-order chi connectivity index (χ0) is 15.2. The molecule has 0 radical (unpaired) electrons. The summed E-state index contributed by atoms with van der Waals surface area (Å²) in [6.45, 7) is 2.14. The third kappa shape index (κ3) is 4.88. The summed E-state index contributed by atoms with van der Waals surface area (Å²) in [5.41, 5.74) is 0. The number of nitrogens with zero attached hydrogens (tertiary/aromatic N) is 2. The third-order valence-electron chi connectivity index (χ3n) is 4.39. The largest absolute Gasteiger partial charge is 0.481 e. The lowest BCUT2D eigenvalue weighted by Crippen LogP contribution is -2.51. The highest BCUT2D eigenvalue weighted by Gasteiger charge is 2.28. The van der Waals surface area contributed by atoms with Crippen LogP contribution in [0.25, 0.3) is 0 Å². The number of morpholine rings is 1. The Labute approximate surface area is 126 Å². The minimum Gasteiger partial charge on any atom is -0.481 e. The highest BCUT2D eigenvalue weighted by molar-refractivity contribution is 5.74. The van der Waals surface area contributed by atoms with Crippen molar-refractivity contribution in [3.05, 3.63) is 0 Å². The Balaban J connectivity index is 1.81. The SMILES string of the molecule is CN(CC1CCCCC1)C(=O)N1CCOC(CC(=O)O)C1. The number of ether oxygens (including phenoxy) is 1. The van der Waals surface area contributed by atoms with Gasteiger partial charge < -0.3 is 19.6 Å². The average Bonchev–Trinajstić information content (AvgIpc) is 2.47. The topological polar surface area (TPSA) is 70.1 Å². The zero-order valence-electron chi connectivity index (χ0n) is 12.8. The van der Waals surface area contributed by atoms with E-state index in [1.54, 1.807) is 9.80 Å². The van der Waals surface area contributed by atoms with Crippen LogP contribution in [-0.2, 0) is 9.53 Å². The second-order valence-electron chi connectivity index (χ2n) is 6.20. The number of carbonyl (C=O) groups is 2. The summed E-state index contributed by atoms with van der Waals surface area (Å²) in [5, 5.41) is 8.82. The fourth-order valence-electron chi connectivity index (χ4n) is 3.29. The first-order chi connectivity index (χ1) is 10.1. The number of amides is 2. The maximum Gasteiger partial charge on any atom is 0.319 e. The van der Waals surface area contributed by atoms with Gasteiger partial charge in [-0.25, -0.2) is 4.79 Å². The van der Waals surface area contributed by atoms with Crippen molar-refractivity contribution in [1.82, 2.24) is 9.80 Å². The van der Waals surface area contributed by atoms with Gasteiger partial charge in [-0.15, -0.1) is 0 Å². The molecule has 0 spiro atoms. The maximum atomic E-state index is 12.5. The van der Waals surface area contributed by atoms with Crippen molar-refractivity contribution in [2.75, 3.05) is 33.3 Å². The predicted molar refractivity (Wildman–Crippen MR) is 78.2 cm³/mol. The number of hydrogen-bond acceptors (Lipinski definition) is 3. The first-order valence-electron chi connectivity index (χ1n) is 7.89. The Morgan fingerprint density at radius 1 is 1.29 bits per heavy atom. The number of carbonyl (C=O) groups excluding carboxylic acids is 1. The summed E-state index contributed by atoms with van der Waals surface area (Å²) in [7, 11) is 1.85. The molecule has 0 aromatic rings. The van der Waals surface area contributed by atoms with Crippen molar-refractivity contribution in [2.45, 2.75) is 44.6 Å². The molecule has 120 valence electrons. The number of aliphatic carboxylic acids is 1. The fourth-order valence-corrected chi connectivity index (χ4v) is 3.29. The van der Waals surface area contributed by atoms with Crippen LogP contribution in [0.5, 0.6) is 0 Å². The molecular formula is C15H26N2O4. The Bertz CT molecular complexity index is 369. The maximum absolute atomic E-state index is 12.5. The van der Waals surface area contributed by atoms with E-state index in [2.05, 4.69) is 0 Å². The molecule has 1 aliphatic heterocycles. The Morgan fingerprint density at radius 3 is 2.67 bits per heavy atom. The number of rotatable bonds is 4. The van der Waals surface area contributed by atoms with Crippen LogP contribution in [0.2, 0.25) is 0 Å². The summed E-state index contributed by atoms with van der Waals surface area (Å²) in [4.78, 5) is 26.7. The Kier molecular flexibility index (Phi) is 5.85. The summed E-state index contributed by atoms with van der Waals surface area (Å²) >= 11 is 0. The molecule has 2 rings (SSSR count). The van der Waals surface area contributed by atoms with Crippen LogP contribution in [0.3, 0.4) is 0 Å². The Morgan fingerprint density at radius 2 is 2.00 bits per heavy atom. The fraction of sp³-hybridized carbons (Fsp3) is 0.867. The molecule has 0 aromatic heterocycles. The molecule has 1 saturated carbocycles. The molecule has 0 bridgehead atoms. The van der Waals surface area contributed by atoms with Gasteiger partial charge in [-0.2, -0.15) is 0 Å². The minimum absolute atomic E-state index is 0.000683. The van der Waals surface area contributed by atoms with Crippen molar-refractivity contribution in [2.24, 2.45) is 5.92 Å². The van der Waals surface area contributed by atoms with E-state index in [1.807, 2.05) is 7.05 Å². The molecule has 1 unspecified atom stereocenters. The molecular weight excluding hydrogens is 272 g/mol. The standard InChI is InChI=1S/C15H26N2O4/c1-16(10-12-5-3-2-4-6-12)15(20)17-7-8-21-13(11-17)9-14(18)19/h12-13H,2-11H2,1H3,(H,18,19). The minimum atomic E-state index is -0.884. The van der Waals surface area contributed by atoms with E-state index in [1.165, 1.54) is 32.1 Å². The zero-order valence-corrected chi connectivity index (χ0v) is 12.8. The molecule has 0 aromatic carbocycles. The van der Waals surface area contributed by atoms with Gasteiger partial charge in [0.15, 0.2) is 0 Å². The van der Waals surface area contributed by atoms with Crippen LogP contribution in [0, 0.1) is 5.92 Å². The van der Waals surface area contributed by atoms with Crippen LogP contribution < -0.4 is 0 Å². The molecule has 1 heterocycles. The van der Waals surface area contributed by atoms with Crippen molar-refractivity contribution in [3.63, 3.8) is 0 Å². The first-order valence-corrected chi connectivity index (χ1v) is 7.89. The monoisotopic (exact) mass is 298 g/mol. The molecule has 1 saturated heterocycles. The summed E-state index contributed by atoms with van der Waals surface area (Å²) in [5.74, 6) is -0.270. The lowest BCUT2D eigenvalue weighted by Gasteiger charge is -2.36. The van der Waals surface area contributed by atoms with Gasteiger partial charge in [-0.3, -0.25) is 4.79 Å². The van der Waals surface area contributed by atoms with Gasteiger partial charge in [0, 0.05) is 26.7 Å². The molecule has 6 nitrogen and oxygen atoms in total.